The number of quaternary nitrogens is 1. The molecule has 3 saturated heterocycles. The zero-order valence-electron chi connectivity index (χ0n) is 34.0. The summed E-state index contributed by atoms with van der Waals surface area (Å²) in [6.07, 6.45) is 13.7. The summed E-state index contributed by atoms with van der Waals surface area (Å²) in [5.74, 6) is -1.13. The van der Waals surface area contributed by atoms with Crippen molar-refractivity contribution >= 4 is 33.2 Å². The zero-order chi connectivity index (χ0) is 40.9. The van der Waals surface area contributed by atoms with Gasteiger partial charge in [-0.15, -0.1) is 0 Å². The molecule has 2 spiro atoms. The maximum atomic E-state index is 15.4. The van der Waals surface area contributed by atoms with E-state index in [-0.39, 0.29) is 53.1 Å². The van der Waals surface area contributed by atoms with Crippen molar-refractivity contribution in [1.82, 2.24) is 5.32 Å². The summed E-state index contributed by atoms with van der Waals surface area (Å²) in [6, 6.07) is 0. The van der Waals surface area contributed by atoms with Crippen molar-refractivity contribution in [3.63, 3.8) is 0 Å². The van der Waals surface area contributed by atoms with Gasteiger partial charge in [0.2, 0.25) is 0 Å². The number of nitrogens with two attached hydrogens (primary N) is 1. The average Bonchev–Trinajstić information content (AvgIpc) is 3.69. The highest BCUT2D eigenvalue weighted by atomic mass is 33.1. The fourth-order valence-corrected chi connectivity index (χ4v) is 17.5. The van der Waals surface area contributed by atoms with Crippen molar-refractivity contribution in [3.8, 4) is 0 Å². The smallest absolute Gasteiger partial charge is 0.188 e. The predicted octanol–water partition coefficient (Wildman–Crippen LogP) is 2.89. The lowest BCUT2D eigenvalue weighted by atomic mass is 9.45. The van der Waals surface area contributed by atoms with Gasteiger partial charge < -0.3 is 45.4 Å². The number of piperidine rings is 1. The number of ether oxygens (including phenoxy) is 2. The monoisotopic (exact) mass is 857 g/mol. The molecule has 0 radical (unpaired) electrons. The number of nitrogens with one attached hydrogen (secondary N) is 1. The highest BCUT2D eigenvalue weighted by Crippen LogP contribution is 2.67. The third-order valence-corrected chi connectivity index (χ3v) is 20.1. The van der Waals surface area contributed by atoms with Crippen LogP contribution in [0.25, 0.3) is 0 Å². The van der Waals surface area contributed by atoms with E-state index < -0.39 is 71.5 Å². The first-order chi connectivity index (χ1) is 28.5. The maximum absolute atomic E-state index is 15.4. The highest BCUT2D eigenvalue weighted by Gasteiger charge is 2.73. The summed E-state index contributed by atoms with van der Waals surface area (Å²) < 4.78 is 13.2. The number of rotatable bonds is 4. The van der Waals surface area contributed by atoms with Gasteiger partial charge in [-0.25, -0.2) is 0 Å². The number of hydrogen-bond donors (Lipinski definition) is 8. The molecule has 0 aromatic heterocycles. The van der Waals surface area contributed by atoms with Crippen molar-refractivity contribution in [2.24, 2.45) is 64.1 Å². The number of Topliss-reactive ketones (excluding diaryl/α,β-unsaturated/α-hetero) is 2. The molecular formula is C45H65N2O10S2+. The van der Waals surface area contributed by atoms with Gasteiger partial charge in [0.05, 0.1) is 37.0 Å². The van der Waals surface area contributed by atoms with Crippen LogP contribution in [0.2, 0.25) is 0 Å². The first kappa shape index (κ1) is 41.7. The highest BCUT2D eigenvalue weighted by molar-refractivity contribution is 8.76. The molecule has 10 aliphatic rings. The summed E-state index contributed by atoms with van der Waals surface area (Å²) in [5, 5.41) is 77.2. The first-order valence-corrected chi connectivity index (χ1v) is 25.3. The number of fused-ring (bicyclic) bond motifs is 3. The SMILES string of the molecule is O=C1C2CCCC3O[C@@H]4O[C@]5(CO)C=CC([C@]67CCC[C@@H]6CCC6C[NH2+]C(CC67)NCSSC[C@@]6(C(=O)C32)C(O)=CC(CC2CCCC(CO)C2)=C[C@@H]16)[C@@](O)([C@H]4O)[C@@H]5O. The van der Waals surface area contributed by atoms with Crippen LogP contribution in [0.3, 0.4) is 0 Å². The Morgan fingerprint density at radius 2 is 1.80 bits per heavy atom. The summed E-state index contributed by atoms with van der Waals surface area (Å²) in [6.45, 7) is 0.441. The number of carbonyl (C=O) groups is 2. The first-order valence-electron chi connectivity index (χ1n) is 22.8. The van der Waals surface area contributed by atoms with E-state index in [1.165, 1.54) is 10.8 Å². The molecule has 9 N–H and O–H groups in total. The Balaban J connectivity index is 1.04. The van der Waals surface area contributed by atoms with E-state index >= 15 is 4.79 Å². The molecule has 7 aliphatic carbocycles. The molecule has 12 nitrogen and oxygen atoms in total. The fourth-order valence-electron chi connectivity index (χ4n) is 15.1. The topological polar surface area (TPSA) is 203 Å². The minimum Gasteiger partial charge on any atom is -0.511 e. The van der Waals surface area contributed by atoms with Crippen LogP contribution in [0.5, 0.6) is 0 Å². The number of ketones is 2. The lowest BCUT2D eigenvalue weighted by Gasteiger charge is -2.64. The fraction of sp³-hybridized carbons (Fsp3) is 0.822. The second-order valence-corrected chi connectivity index (χ2v) is 22.8. The van der Waals surface area contributed by atoms with Gasteiger partial charge in [0, 0.05) is 36.5 Å². The normalized spacial score (nSPS) is 52.1. The second-order valence-electron chi connectivity index (χ2n) is 20.4. The number of aliphatic hydroxyl groups excluding tert-OH is 5. The van der Waals surface area contributed by atoms with Crippen molar-refractivity contribution in [2.45, 2.75) is 132 Å². The van der Waals surface area contributed by atoms with Crippen LogP contribution in [0.1, 0.15) is 89.9 Å². The molecule has 0 amide bonds. The Bertz CT molecular complexity index is 1760. The van der Waals surface area contributed by atoms with Crippen molar-refractivity contribution < 1.29 is 55.0 Å². The van der Waals surface area contributed by atoms with Gasteiger partial charge in [0.1, 0.15) is 46.5 Å². The molecule has 59 heavy (non-hydrogen) atoms. The van der Waals surface area contributed by atoms with Gasteiger partial charge >= 0.3 is 0 Å². The minimum atomic E-state index is -2.12. The zero-order valence-corrected chi connectivity index (χ0v) is 35.7. The third kappa shape index (κ3) is 6.25. The lowest BCUT2D eigenvalue weighted by molar-refractivity contribution is -0.713. The van der Waals surface area contributed by atoms with Gasteiger partial charge in [-0.1, -0.05) is 65.5 Å². The van der Waals surface area contributed by atoms with Gasteiger partial charge in [-0.05, 0) is 98.5 Å². The largest absolute Gasteiger partial charge is 0.511 e. The molecule has 8 fully saturated rings. The molecule has 3 aliphatic heterocycles. The van der Waals surface area contributed by atoms with E-state index in [9.17, 15) is 35.4 Å². The van der Waals surface area contributed by atoms with Gasteiger partial charge in [-0.2, -0.15) is 0 Å². The Morgan fingerprint density at radius 3 is 2.63 bits per heavy atom. The molecule has 3 heterocycles. The number of allylic oxidation sites excluding steroid dienone is 4. The second kappa shape index (κ2) is 15.7. The molecular weight excluding hydrogens is 793 g/mol. The summed E-state index contributed by atoms with van der Waals surface area (Å²) in [5.41, 5.74) is -4.90. The van der Waals surface area contributed by atoms with E-state index in [0.717, 1.165) is 76.3 Å². The third-order valence-electron chi connectivity index (χ3n) is 17.9. The lowest BCUT2D eigenvalue weighted by Crippen LogP contribution is -2.97. The van der Waals surface area contributed by atoms with Crippen LogP contribution in [0.4, 0.5) is 0 Å². The molecule has 0 aromatic carbocycles. The molecule has 7 bridgehead atoms. The van der Waals surface area contributed by atoms with E-state index in [1.807, 2.05) is 12.2 Å². The van der Waals surface area contributed by atoms with Crippen molar-refractivity contribution in [2.75, 3.05) is 31.4 Å². The maximum Gasteiger partial charge on any atom is 0.188 e. The van der Waals surface area contributed by atoms with E-state index in [2.05, 4.69) is 10.6 Å². The number of aliphatic hydroxyl groups is 6. The Hall–Kier alpha value is -1.30. The molecule has 18 atom stereocenters. The van der Waals surface area contributed by atoms with Gasteiger partial charge in [-0.3, -0.25) is 14.9 Å². The number of carbonyl (C=O) groups excluding carboxylic acids is 2. The van der Waals surface area contributed by atoms with E-state index in [1.54, 1.807) is 22.9 Å². The molecule has 0 aromatic rings. The van der Waals surface area contributed by atoms with Crippen molar-refractivity contribution in [1.29, 1.82) is 0 Å². The molecule has 14 heteroatoms. The Morgan fingerprint density at radius 1 is 0.966 bits per heavy atom. The van der Waals surface area contributed by atoms with Crippen LogP contribution >= 0.6 is 21.6 Å². The summed E-state index contributed by atoms with van der Waals surface area (Å²) >= 11 is 0. The minimum absolute atomic E-state index is 0.0815. The van der Waals surface area contributed by atoms with Crippen LogP contribution in [-0.4, -0.2) is 116 Å². The van der Waals surface area contributed by atoms with Crippen molar-refractivity contribution in [3.05, 3.63) is 35.6 Å². The standard InChI is InChI=1S/C45H64N2O10S2/c48-20-25-5-1-4-24(14-25)15-26-16-31-37(51)29-7-2-8-32-36(29)38(52)44(31,34(50)17-26)22-58-59-23-47-35-18-30-27(19-46-35)9-10-28-6-3-12-43(28,30)33-11-13-42(21-49)41(54)45(33,55)39(53)40(56-32)57-42/h11,13,16-17,24-25,27-33,35-36,39-41,46-50,53-55H,1-10,12,14-15,18-23H2/p+1/t24?,25?,27?,28-,29?,30?,31+,32?,33?,35?,36?,39+,40-,41-,42+,43-,44+,45-/m1/s1. The Kier molecular flexibility index (Phi) is 11.1. The number of hydrogen-bond acceptors (Lipinski definition) is 13. The quantitative estimate of drug-likeness (QED) is 0.152. The molecule has 10 rings (SSSR count). The van der Waals surface area contributed by atoms with E-state index in [4.69, 9.17) is 9.47 Å². The van der Waals surface area contributed by atoms with Crippen LogP contribution in [-0.2, 0) is 19.1 Å². The molecule has 326 valence electrons. The molecule has 5 saturated carbocycles. The van der Waals surface area contributed by atoms with Gasteiger partial charge in [0.25, 0.3) is 0 Å². The van der Waals surface area contributed by atoms with Gasteiger partial charge in [0.15, 0.2) is 12.1 Å². The predicted molar refractivity (Wildman–Crippen MR) is 221 cm³/mol. The summed E-state index contributed by atoms with van der Waals surface area (Å²) in [4.78, 5) is 30.4. The molecule has 9 unspecified atom stereocenters. The van der Waals surface area contributed by atoms with Crippen LogP contribution in [0, 0.1) is 64.1 Å². The van der Waals surface area contributed by atoms with E-state index in [0.29, 0.717) is 49.3 Å². The van der Waals surface area contributed by atoms with Crippen LogP contribution < -0.4 is 10.6 Å². The average molecular weight is 858 g/mol. The Labute approximate surface area is 355 Å². The van der Waals surface area contributed by atoms with Crippen LogP contribution in [0.15, 0.2) is 35.6 Å². The summed E-state index contributed by atoms with van der Waals surface area (Å²) in [7, 11) is 3.12.